The molecule has 132 valence electrons. The van der Waals surface area contributed by atoms with Crippen LogP contribution in [0.3, 0.4) is 0 Å². The summed E-state index contributed by atoms with van der Waals surface area (Å²) in [5, 5.41) is 0.269. The van der Waals surface area contributed by atoms with Gasteiger partial charge in [-0.1, -0.05) is 29.8 Å². The van der Waals surface area contributed by atoms with Gasteiger partial charge in [0.15, 0.2) is 17.2 Å². The van der Waals surface area contributed by atoms with E-state index in [1.807, 2.05) is 18.2 Å². The zero-order chi connectivity index (χ0) is 18.7. The van der Waals surface area contributed by atoms with Gasteiger partial charge in [0, 0.05) is 18.6 Å². The van der Waals surface area contributed by atoms with Crippen molar-refractivity contribution in [1.29, 1.82) is 0 Å². The van der Waals surface area contributed by atoms with Crippen LogP contribution in [0.25, 0.3) is 6.08 Å². The lowest BCUT2D eigenvalue weighted by molar-refractivity contribution is -0.132. The minimum atomic E-state index is -0.581. The Labute approximate surface area is 154 Å². The number of halogens is 1. The average Bonchev–Trinajstić information content (AvgIpc) is 2.98. The molecular weight excluding hydrogens is 358 g/mol. The minimum absolute atomic E-state index is 0.105. The average molecular weight is 372 g/mol. The molecule has 26 heavy (non-hydrogen) atoms. The quantitative estimate of drug-likeness (QED) is 0.466. The first-order valence-corrected chi connectivity index (χ1v) is 7.99. The highest BCUT2D eigenvalue weighted by atomic mass is 35.5. The lowest BCUT2D eigenvalue weighted by Crippen LogP contribution is -2.05. The van der Waals surface area contributed by atoms with Gasteiger partial charge < -0.3 is 14.2 Å². The Hall–Kier alpha value is -3.12. The van der Waals surface area contributed by atoms with Gasteiger partial charge in [-0.3, -0.25) is 4.79 Å². The van der Waals surface area contributed by atoms with Crippen LogP contribution in [0, 0.1) is 0 Å². The highest BCUT2D eigenvalue weighted by Crippen LogP contribution is 2.35. The number of nitrogens with zero attached hydrogens (tertiary/aromatic N) is 1. The van der Waals surface area contributed by atoms with Gasteiger partial charge in [0.1, 0.15) is 0 Å². The molecule has 0 bridgehead atoms. The van der Waals surface area contributed by atoms with E-state index in [0.717, 1.165) is 0 Å². The second-order valence-corrected chi connectivity index (χ2v) is 5.73. The molecule has 0 unspecified atom stereocenters. The number of cyclic esters (lactones) is 1. The molecule has 3 rings (SSSR count). The van der Waals surface area contributed by atoms with Crippen molar-refractivity contribution >= 4 is 35.5 Å². The van der Waals surface area contributed by atoms with Crippen LogP contribution in [-0.4, -0.2) is 24.9 Å². The third kappa shape index (κ3) is 3.75. The van der Waals surface area contributed by atoms with Gasteiger partial charge in [0.2, 0.25) is 5.90 Å². The zero-order valence-corrected chi connectivity index (χ0v) is 14.7. The normalized spacial score (nSPS) is 14.8. The molecule has 0 N–H and O–H groups in total. The lowest BCUT2D eigenvalue weighted by atomic mass is 10.1. The number of ether oxygens (including phenoxy) is 3. The van der Waals surface area contributed by atoms with Crippen molar-refractivity contribution in [2.24, 2.45) is 4.99 Å². The summed E-state index contributed by atoms with van der Waals surface area (Å²) in [6.07, 6.45) is 1.49. The van der Waals surface area contributed by atoms with Crippen molar-refractivity contribution in [3.05, 3.63) is 64.3 Å². The van der Waals surface area contributed by atoms with Crippen molar-refractivity contribution in [1.82, 2.24) is 0 Å². The molecule has 7 heteroatoms. The summed E-state index contributed by atoms with van der Waals surface area (Å²) in [5.74, 6) is -0.365. The van der Waals surface area contributed by atoms with Crippen molar-refractivity contribution in [3.63, 3.8) is 0 Å². The van der Waals surface area contributed by atoms with Crippen molar-refractivity contribution < 1.29 is 23.8 Å². The fourth-order valence-electron chi connectivity index (χ4n) is 2.32. The second-order valence-electron chi connectivity index (χ2n) is 5.32. The highest BCUT2D eigenvalue weighted by molar-refractivity contribution is 6.32. The molecule has 0 saturated heterocycles. The van der Waals surface area contributed by atoms with Crippen LogP contribution in [0.1, 0.15) is 18.1 Å². The molecule has 1 aliphatic rings. The summed E-state index contributed by atoms with van der Waals surface area (Å²) in [6, 6.07) is 12.1. The van der Waals surface area contributed by atoms with E-state index in [4.69, 9.17) is 25.8 Å². The Balaban J connectivity index is 1.98. The molecule has 0 atom stereocenters. The summed E-state index contributed by atoms with van der Waals surface area (Å²) >= 11 is 6.23. The Bertz CT molecular complexity index is 934. The Morgan fingerprint density at radius 1 is 1.19 bits per heavy atom. The smallest absolute Gasteiger partial charge is 0.363 e. The van der Waals surface area contributed by atoms with Crippen LogP contribution in [0.5, 0.6) is 11.5 Å². The van der Waals surface area contributed by atoms with Gasteiger partial charge in [0.25, 0.3) is 0 Å². The number of carbonyl (C=O) groups is 2. The number of benzene rings is 2. The topological polar surface area (TPSA) is 74.2 Å². The summed E-state index contributed by atoms with van der Waals surface area (Å²) in [6.45, 7) is 1.28. The van der Waals surface area contributed by atoms with E-state index in [1.165, 1.54) is 26.2 Å². The monoisotopic (exact) mass is 371 g/mol. The third-order valence-corrected chi connectivity index (χ3v) is 3.80. The first kappa shape index (κ1) is 17.7. The number of hydrogen-bond donors (Lipinski definition) is 0. The van der Waals surface area contributed by atoms with Gasteiger partial charge in [0.05, 0.1) is 12.1 Å². The van der Waals surface area contributed by atoms with Crippen molar-refractivity contribution in [2.45, 2.75) is 6.92 Å². The predicted molar refractivity (Wildman–Crippen MR) is 96.4 cm³/mol. The van der Waals surface area contributed by atoms with Gasteiger partial charge in [-0.15, -0.1) is 0 Å². The van der Waals surface area contributed by atoms with E-state index >= 15 is 0 Å². The van der Waals surface area contributed by atoms with Crippen LogP contribution < -0.4 is 9.47 Å². The van der Waals surface area contributed by atoms with E-state index in [2.05, 4.69) is 4.99 Å². The minimum Gasteiger partial charge on any atom is -0.493 e. The van der Waals surface area contributed by atoms with E-state index in [9.17, 15) is 9.59 Å². The van der Waals surface area contributed by atoms with Gasteiger partial charge >= 0.3 is 11.9 Å². The molecule has 6 nitrogen and oxygen atoms in total. The van der Waals surface area contributed by atoms with Crippen LogP contribution in [0.15, 0.2) is 53.2 Å². The van der Waals surface area contributed by atoms with Crippen molar-refractivity contribution in [3.8, 4) is 11.5 Å². The molecule has 0 aliphatic carbocycles. The fraction of sp³-hybridized carbons (Fsp3) is 0.105. The number of methoxy groups -OCH3 is 1. The molecular formula is C19H14ClNO5. The maximum Gasteiger partial charge on any atom is 0.363 e. The first-order chi connectivity index (χ1) is 12.5. The molecule has 0 fully saturated rings. The Kier molecular flexibility index (Phi) is 5.04. The fourth-order valence-corrected chi connectivity index (χ4v) is 2.52. The van der Waals surface area contributed by atoms with E-state index in [1.54, 1.807) is 18.2 Å². The summed E-state index contributed by atoms with van der Waals surface area (Å²) in [5.41, 5.74) is 1.27. The van der Waals surface area contributed by atoms with Crippen LogP contribution in [0.4, 0.5) is 0 Å². The van der Waals surface area contributed by atoms with E-state index in [0.29, 0.717) is 16.9 Å². The zero-order valence-electron chi connectivity index (χ0n) is 14.0. The number of aliphatic imine (C=N–C) groups is 1. The Morgan fingerprint density at radius 2 is 1.92 bits per heavy atom. The molecule has 0 saturated carbocycles. The molecule has 1 aliphatic heterocycles. The second kappa shape index (κ2) is 7.41. The first-order valence-electron chi connectivity index (χ1n) is 7.62. The standard InChI is InChI=1S/C19H14ClNO5/c1-11(22)25-17-10-14(20)13(9-16(17)24-2)8-15-19(23)26-18(21-15)12-6-4-3-5-7-12/h3-10H,1-2H3/b15-8+. The maximum absolute atomic E-state index is 12.1. The SMILES string of the molecule is COc1cc(/C=C2/N=C(c3ccccc3)OC2=O)c(Cl)cc1OC(C)=O. The summed E-state index contributed by atoms with van der Waals surface area (Å²) < 4.78 is 15.5. The molecule has 2 aromatic rings. The van der Waals surface area contributed by atoms with Crippen molar-refractivity contribution in [2.75, 3.05) is 7.11 Å². The molecule has 0 aromatic heterocycles. The highest BCUT2D eigenvalue weighted by Gasteiger charge is 2.24. The van der Waals surface area contributed by atoms with Crippen LogP contribution in [-0.2, 0) is 14.3 Å². The summed E-state index contributed by atoms with van der Waals surface area (Å²) in [7, 11) is 1.43. The van der Waals surface area contributed by atoms with Crippen LogP contribution >= 0.6 is 11.6 Å². The molecule has 0 amide bonds. The number of esters is 2. The molecule has 0 spiro atoms. The van der Waals surface area contributed by atoms with E-state index in [-0.39, 0.29) is 22.4 Å². The largest absolute Gasteiger partial charge is 0.493 e. The lowest BCUT2D eigenvalue weighted by Gasteiger charge is -2.10. The van der Waals surface area contributed by atoms with Crippen LogP contribution in [0.2, 0.25) is 5.02 Å². The maximum atomic E-state index is 12.1. The molecule has 2 aromatic carbocycles. The Morgan fingerprint density at radius 3 is 2.58 bits per heavy atom. The molecule has 0 radical (unpaired) electrons. The van der Waals surface area contributed by atoms with Gasteiger partial charge in [-0.25, -0.2) is 9.79 Å². The van der Waals surface area contributed by atoms with Gasteiger partial charge in [-0.05, 0) is 29.8 Å². The molecule has 1 heterocycles. The number of carbonyl (C=O) groups excluding carboxylic acids is 2. The third-order valence-electron chi connectivity index (χ3n) is 3.47. The number of rotatable bonds is 4. The number of hydrogen-bond acceptors (Lipinski definition) is 6. The summed E-state index contributed by atoms with van der Waals surface area (Å²) in [4.78, 5) is 27.5. The predicted octanol–water partition coefficient (Wildman–Crippen LogP) is 3.62. The van der Waals surface area contributed by atoms with Gasteiger partial charge in [-0.2, -0.15) is 0 Å². The van der Waals surface area contributed by atoms with E-state index < -0.39 is 11.9 Å².